The second kappa shape index (κ2) is 9.02. The van der Waals surface area contributed by atoms with Crippen LogP contribution in [0.1, 0.15) is 25.8 Å². The van der Waals surface area contributed by atoms with Gasteiger partial charge in [-0.1, -0.05) is 19.1 Å². The average molecular weight is 237 g/mol. The first kappa shape index (κ1) is 14.0. The van der Waals surface area contributed by atoms with Gasteiger partial charge in [0.25, 0.3) is 0 Å². The third-order valence-corrected chi connectivity index (χ3v) is 2.41. The van der Waals surface area contributed by atoms with E-state index >= 15 is 0 Å². The highest BCUT2D eigenvalue weighted by Gasteiger charge is 1.95. The van der Waals surface area contributed by atoms with Crippen LogP contribution in [0.15, 0.2) is 24.3 Å². The van der Waals surface area contributed by atoms with Crippen molar-refractivity contribution in [2.45, 2.75) is 26.8 Å². The van der Waals surface area contributed by atoms with Crippen LogP contribution in [0.4, 0.5) is 0 Å². The van der Waals surface area contributed by atoms with Crippen molar-refractivity contribution in [3.63, 3.8) is 0 Å². The molecule has 0 atom stereocenters. The second-order valence-corrected chi connectivity index (χ2v) is 3.82. The number of nitrogens with one attached hydrogen (secondary N) is 1. The summed E-state index contributed by atoms with van der Waals surface area (Å²) in [6.07, 6.45) is 0.937. The highest BCUT2D eigenvalue weighted by Crippen LogP contribution is 2.12. The van der Waals surface area contributed by atoms with Crippen LogP contribution in [0.3, 0.4) is 0 Å². The lowest BCUT2D eigenvalue weighted by Crippen LogP contribution is -2.11. The predicted octanol–water partition coefficient (Wildman–Crippen LogP) is 2.60. The van der Waals surface area contributed by atoms with E-state index in [2.05, 4.69) is 24.4 Å². The van der Waals surface area contributed by atoms with E-state index in [0.717, 1.165) is 38.5 Å². The Morgan fingerprint density at radius 3 is 2.47 bits per heavy atom. The van der Waals surface area contributed by atoms with E-state index in [9.17, 15) is 0 Å². The van der Waals surface area contributed by atoms with Crippen molar-refractivity contribution in [2.75, 3.05) is 26.4 Å². The molecule has 0 aliphatic heterocycles. The Labute approximate surface area is 104 Å². The van der Waals surface area contributed by atoms with Crippen molar-refractivity contribution in [1.82, 2.24) is 5.32 Å². The molecule has 1 N–H and O–H groups in total. The fourth-order valence-corrected chi connectivity index (χ4v) is 1.47. The van der Waals surface area contributed by atoms with Gasteiger partial charge in [0, 0.05) is 26.2 Å². The monoisotopic (exact) mass is 237 g/mol. The molecule has 1 rings (SSSR count). The Kier molecular flexibility index (Phi) is 7.43. The van der Waals surface area contributed by atoms with Gasteiger partial charge >= 0.3 is 0 Å². The zero-order valence-electron chi connectivity index (χ0n) is 10.9. The van der Waals surface area contributed by atoms with Gasteiger partial charge < -0.3 is 14.8 Å². The molecule has 0 spiro atoms. The molecule has 0 unspecified atom stereocenters. The summed E-state index contributed by atoms with van der Waals surface area (Å²) in [5.74, 6) is 0.932. The Hall–Kier alpha value is -1.06. The first-order valence-electron chi connectivity index (χ1n) is 6.37. The molecule has 1 aromatic carbocycles. The SMILES string of the molecule is CCNCc1ccc(OCCCOCC)cc1. The van der Waals surface area contributed by atoms with Crippen LogP contribution in [0.2, 0.25) is 0 Å². The Bertz CT molecular complexity index is 285. The molecule has 0 aliphatic rings. The van der Waals surface area contributed by atoms with Gasteiger partial charge in [0.05, 0.1) is 6.61 Å². The fourth-order valence-electron chi connectivity index (χ4n) is 1.47. The molecule has 3 heteroatoms. The van der Waals surface area contributed by atoms with E-state index in [0.29, 0.717) is 6.61 Å². The molecule has 0 saturated heterocycles. The summed E-state index contributed by atoms with van der Waals surface area (Å²) in [5.41, 5.74) is 1.29. The minimum atomic E-state index is 0.715. The largest absolute Gasteiger partial charge is 0.494 e. The zero-order chi connectivity index (χ0) is 12.3. The Morgan fingerprint density at radius 2 is 1.82 bits per heavy atom. The smallest absolute Gasteiger partial charge is 0.119 e. The summed E-state index contributed by atoms with van der Waals surface area (Å²) in [6.45, 7) is 8.29. The van der Waals surface area contributed by atoms with E-state index in [-0.39, 0.29) is 0 Å². The maximum absolute atomic E-state index is 5.61. The van der Waals surface area contributed by atoms with Crippen LogP contribution in [0, 0.1) is 0 Å². The summed E-state index contributed by atoms with van der Waals surface area (Å²) in [6, 6.07) is 8.24. The van der Waals surface area contributed by atoms with Crippen molar-refractivity contribution in [1.29, 1.82) is 0 Å². The molecular formula is C14H23NO2. The molecule has 0 aromatic heterocycles. The van der Waals surface area contributed by atoms with Crippen molar-refractivity contribution in [3.05, 3.63) is 29.8 Å². The number of rotatable bonds is 9. The molecule has 0 bridgehead atoms. The van der Waals surface area contributed by atoms with Crippen LogP contribution in [-0.4, -0.2) is 26.4 Å². The minimum Gasteiger partial charge on any atom is -0.494 e. The highest BCUT2D eigenvalue weighted by molar-refractivity contribution is 5.27. The predicted molar refractivity (Wildman–Crippen MR) is 70.4 cm³/mol. The van der Waals surface area contributed by atoms with E-state index in [1.165, 1.54) is 5.56 Å². The minimum absolute atomic E-state index is 0.715. The quantitative estimate of drug-likeness (QED) is 0.670. The molecular weight excluding hydrogens is 214 g/mol. The van der Waals surface area contributed by atoms with Crippen molar-refractivity contribution in [3.8, 4) is 5.75 Å². The Balaban J connectivity index is 2.20. The normalized spacial score (nSPS) is 10.5. The third-order valence-electron chi connectivity index (χ3n) is 2.41. The summed E-state index contributed by atoms with van der Waals surface area (Å²) in [4.78, 5) is 0. The van der Waals surface area contributed by atoms with E-state index in [1.807, 2.05) is 19.1 Å². The first-order valence-corrected chi connectivity index (χ1v) is 6.37. The van der Waals surface area contributed by atoms with Crippen LogP contribution in [0.25, 0.3) is 0 Å². The van der Waals surface area contributed by atoms with Gasteiger partial charge in [-0.15, -0.1) is 0 Å². The standard InChI is InChI=1S/C14H23NO2/c1-3-15-12-13-6-8-14(9-7-13)17-11-5-10-16-4-2/h6-9,15H,3-5,10-12H2,1-2H3. The number of ether oxygens (including phenoxy) is 2. The molecule has 0 radical (unpaired) electrons. The molecule has 96 valence electrons. The van der Waals surface area contributed by atoms with Crippen LogP contribution in [0.5, 0.6) is 5.75 Å². The molecule has 0 aliphatic carbocycles. The maximum Gasteiger partial charge on any atom is 0.119 e. The fraction of sp³-hybridized carbons (Fsp3) is 0.571. The van der Waals surface area contributed by atoms with E-state index in [1.54, 1.807) is 0 Å². The lowest BCUT2D eigenvalue weighted by molar-refractivity contribution is 0.131. The molecule has 0 fully saturated rings. The summed E-state index contributed by atoms with van der Waals surface area (Å²) in [5, 5.41) is 3.29. The van der Waals surface area contributed by atoms with Gasteiger partial charge in [-0.25, -0.2) is 0 Å². The van der Waals surface area contributed by atoms with Gasteiger partial charge in [-0.3, -0.25) is 0 Å². The van der Waals surface area contributed by atoms with Crippen molar-refractivity contribution >= 4 is 0 Å². The van der Waals surface area contributed by atoms with Gasteiger partial charge in [0.2, 0.25) is 0 Å². The molecule has 0 amide bonds. The third kappa shape index (κ3) is 6.29. The number of benzene rings is 1. The van der Waals surface area contributed by atoms with E-state index < -0.39 is 0 Å². The molecule has 0 heterocycles. The number of hydrogen-bond acceptors (Lipinski definition) is 3. The van der Waals surface area contributed by atoms with E-state index in [4.69, 9.17) is 9.47 Å². The lowest BCUT2D eigenvalue weighted by atomic mass is 10.2. The van der Waals surface area contributed by atoms with Crippen LogP contribution < -0.4 is 10.1 Å². The lowest BCUT2D eigenvalue weighted by Gasteiger charge is -2.07. The Morgan fingerprint density at radius 1 is 1.06 bits per heavy atom. The topological polar surface area (TPSA) is 30.5 Å². The van der Waals surface area contributed by atoms with Gasteiger partial charge in [-0.2, -0.15) is 0 Å². The van der Waals surface area contributed by atoms with Gasteiger partial charge in [0.1, 0.15) is 5.75 Å². The average Bonchev–Trinajstić information content (AvgIpc) is 2.37. The molecule has 1 aromatic rings. The van der Waals surface area contributed by atoms with Crippen LogP contribution in [-0.2, 0) is 11.3 Å². The summed E-state index contributed by atoms with van der Waals surface area (Å²) >= 11 is 0. The van der Waals surface area contributed by atoms with Crippen molar-refractivity contribution in [2.24, 2.45) is 0 Å². The van der Waals surface area contributed by atoms with Crippen molar-refractivity contribution < 1.29 is 9.47 Å². The maximum atomic E-state index is 5.61. The zero-order valence-corrected chi connectivity index (χ0v) is 10.9. The second-order valence-electron chi connectivity index (χ2n) is 3.82. The van der Waals surface area contributed by atoms with Gasteiger partial charge in [0.15, 0.2) is 0 Å². The summed E-state index contributed by atoms with van der Waals surface area (Å²) < 4.78 is 10.9. The number of hydrogen-bond donors (Lipinski definition) is 1. The van der Waals surface area contributed by atoms with Gasteiger partial charge in [-0.05, 0) is 31.2 Å². The van der Waals surface area contributed by atoms with Crippen LogP contribution >= 0.6 is 0 Å². The highest BCUT2D eigenvalue weighted by atomic mass is 16.5. The summed E-state index contributed by atoms with van der Waals surface area (Å²) in [7, 11) is 0. The molecule has 3 nitrogen and oxygen atoms in total. The first-order chi connectivity index (χ1) is 8.36. The molecule has 0 saturated carbocycles. The molecule has 17 heavy (non-hydrogen) atoms.